The molecule has 5 N–H and O–H groups in total. The molecule has 1 saturated heterocycles. The summed E-state index contributed by atoms with van der Waals surface area (Å²) >= 11 is 13.0. The smallest absolute Gasteiger partial charge is 0.315 e. The standard InChI is InChI=1S/C27H41Cl2N5O5/c1-26(2,3)33-25(39)32-19(15-10-5-4-6-11-15)24(38)34-13-16-18(27(16,28)29)20(34)23(37)31-17(21(35)22(30)36)12-14-8-7-9-14/h14-20H,4-13H2,1-3H3,(H2,30,36)(H,31,37)(H2,32,33,39)/t16-,17?,18-,19-,20-/m0/s1. The number of hydrogen-bond donors (Lipinski definition) is 4. The molecule has 0 aromatic heterocycles. The summed E-state index contributed by atoms with van der Waals surface area (Å²) in [6, 6.07) is -3.37. The number of rotatable bonds is 9. The Hall–Kier alpha value is -2.07. The molecular weight excluding hydrogens is 545 g/mol. The van der Waals surface area contributed by atoms with Crippen LogP contribution < -0.4 is 21.7 Å². The molecule has 0 spiro atoms. The van der Waals surface area contributed by atoms with E-state index in [0.29, 0.717) is 6.42 Å². The molecule has 0 radical (unpaired) electrons. The molecule has 218 valence electrons. The fourth-order valence-electron chi connectivity index (χ4n) is 6.40. The maximum atomic E-state index is 14.1. The van der Waals surface area contributed by atoms with Crippen molar-refractivity contribution in [3.63, 3.8) is 0 Å². The van der Waals surface area contributed by atoms with Gasteiger partial charge in [-0.3, -0.25) is 19.2 Å². The van der Waals surface area contributed by atoms with E-state index in [2.05, 4.69) is 16.0 Å². The van der Waals surface area contributed by atoms with Crippen LogP contribution in [0, 0.1) is 23.7 Å². The SMILES string of the molecule is CC(C)(C)NC(=O)N[C@H](C(=O)N1C[C@H]2[C@@H]([C@H]1C(=O)NC(CC1CCC1)C(=O)C(N)=O)C2(Cl)Cl)C1CCCCC1. The summed E-state index contributed by atoms with van der Waals surface area (Å²) in [4.78, 5) is 66.4. The second-order valence-corrected chi connectivity index (χ2v) is 14.2. The van der Waals surface area contributed by atoms with Crippen LogP contribution in [0.15, 0.2) is 0 Å². The van der Waals surface area contributed by atoms with Crippen molar-refractivity contribution in [3.05, 3.63) is 0 Å². The highest BCUT2D eigenvalue weighted by molar-refractivity contribution is 6.51. The number of primary amides is 1. The van der Waals surface area contributed by atoms with Crippen molar-refractivity contribution in [1.29, 1.82) is 0 Å². The average Bonchev–Trinajstić information content (AvgIpc) is 3.15. The van der Waals surface area contributed by atoms with Gasteiger partial charge in [-0.1, -0.05) is 38.5 Å². The van der Waals surface area contributed by atoms with Gasteiger partial charge in [0.2, 0.25) is 17.6 Å². The first-order valence-electron chi connectivity index (χ1n) is 14.1. The lowest BCUT2D eigenvalue weighted by Gasteiger charge is -2.37. The van der Waals surface area contributed by atoms with Crippen LogP contribution in [0.3, 0.4) is 0 Å². The molecule has 1 aliphatic heterocycles. The minimum Gasteiger partial charge on any atom is -0.363 e. The summed E-state index contributed by atoms with van der Waals surface area (Å²) in [7, 11) is 0. The van der Waals surface area contributed by atoms with Crippen molar-refractivity contribution in [2.45, 2.75) is 107 Å². The Morgan fingerprint density at radius 3 is 2.15 bits per heavy atom. The zero-order valence-electron chi connectivity index (χ0n) is 22.9. The molecule has 5 atom stereocenters. The summed E-state index contributed by atoms with van der Waals surface area (Å²) in [6.07, 6.45) is 7.72. The van der Waals surface area contributed by atoms with Crippen molar-refractivity contribution in [1.82, 2.24) is 20.9 Å². The van der Waals surface area contributed by atoms with E-state index in [1.165, 1.54) is 4.90 Å². The molecule has 0 aromatic rings. The molecule has 4 aliphatic rings. The third kappa shape index (κ3) is 6.64. The average molecular weight is 587 g/mol. The highest BCUT2D eigenvalue weighted by Gasteiger charge is 2.74. The number of fused-ring (bicyclic) bond motifs is 1. The van der Waals surface area contributed by atoms with Gasteiger partial charge >= 0.3 is 6.03 Å². The van der Waals surface area contributed by atoms with E-state index < -0.39 is 57.5 Å². The number of amides is 5. The number of halogens is 2. The van der Waals surface area contributed by atoms with Gasteiger partial charge in [-0.15, -0.1) is 23.2 Å². The zero-order chi connectivity index (χ0) is 28.7. The summed E-state index contributed by atoms with van der Waals surface area (Å²) in [5, 5.41) is 8.45. The Balaban J connectivity index is 1.55. The summed E-state index contributed by atoms with van der Waals surface area (Å²) in [5.74, 6) is -3.60. The first kappa shape index (κ1) is 29.9. The number of carbonyl (C=O) groups is 5. The monoisotopic (exact) mass is 585 g/mol. The van der Waals surface area contributed by atoms with Gasteiger partial charge < -0.3 is 26.6 Å². The maximum Gasteiger partial charge on any atom is 0.315 e. The van der Waals surface area contributed by atoms with Crippen molar-refractivity contribution < 1.29 is 24.0 Å². The lowest BCUT2D eigenvalue weighted by Crippen LogP contribution is -2.61. The molecule has 1 heterocycles. The Bertz CT molecular complexity index is 1010. The van der Waals surface area contributed by atoms with Crippen LogP contribution in [0.4, 0.5) is 4.79 Å². The predicted octanol–water partition coefficient (Wildman–Crippen LogP) is 2.39. The molecule has 0 bridgehead atoms. The Morgan fingerprint density at radius 1 is 0.974 bits per heavy atom. The molecule has 4 rings (SSSR count). The molecule has 1 unspecified atom stereocenters. The Kier molecular flexibility index (Phi) is 8.76. The van der Waals surface area contributed by atoms with Crippen LogP contribution in [0.2, 0.25) is 0 Å². The number of nitrogens with one attached hydrogen (secondary N) is 3. The summed E-state index contributed by atoms with van der Waals surface area (Å²) in [5.41, 5.74) is 4.78. The zero-order valence-corrected chi connectivity index (χ0v) is 24.4. The van der Waals surface area contributed by atoms with Crippen LogP contribution in [0.25, 0.3) is 0 Å². The van der Waals surface area contributed by atoms with E-state index in [1.54, 1.807) is 0 Å². The van der Waals surface area contributed by atoms with Gasteiger partial charge in [-0.05, 0) is 51.9 Å². The van der Waals surface area contributed by atoms with Crippen molar-refractivity contribution >= 4 is 52.7 Å². The van der Waals surface area contributed by atoms with E-state index in [-0.39, 0.29) is 30.2 Å². The topological polar surface area (TPSA) is 151 Å². The molecule has 39 heavy (non-hydrogen) atoms. The van der Waals surface area contributed by atoms with Crippen LogP contribution >= 0.6 is 23.2 Å². The third-order valence-corrected chi connectivity index (χ3v) is 9.78. The van der Waals surface area contributed by atoms with Crippen LogP contribution in [0.5, 0.6) is 0 Å². The number of nitrogens with zero attached hydrogens (tertiary/aromatic N) is 1. The fraction of sp³-hybridized carbons (Fsp3) is 0.815. The van der Waals surface area contributed by atoms with Crippen LogP contribution in [-0.4, -0.2) is 69.0 Å². The third-order valence-electron chi connectivity index (χ3n) is 8.72. The molecule has 0 aromatic carbocycles. The fourth-order valence-corrected chi connectivity index (χ4v) is 7.23. The largest absolute Gasteiger partial charge is 0.363 e. The molecule has 4 fully saturated rings. The lowest BCUT2D eigenvalue weighted by molar-refractivity contribution is -0.144. The van der Waals surface area contributed by atoms with Crippen LogP contribution in [-0.2, 0) is 19.2 Å². The molecule has 3 aliphatic carbocycles. The van der Waals surface area contributed by atoms with Gasteiger partial charge in [0, 0.05) is 23.9 Å². The molecular formula is C27H41Cl2N5O5. The van der Waals surface area contributed by atoms with Crippen molar-refractivity contribution in [2.75, 3.05) is 6.54 Å². The number of piperidine rings is 1. The number of Topliss-reactive ketones (excluding diaryl/α,β-unsaturated/α-hetero) is 1. The number of alkyl halides is 2. The van der Waals surface area contributed by atoms with E-state index in [9.17, 15) is 24.0 Å². The number of likely N-dealkylation sites (tertiary alicyclic amines) is 1. The summed E-state index contributed by atoms with van der Waals surface area (Å²) < 4.78 is -1.17. The first-order chi connectivity index (χ1) is 18.2. The van der Waals surface area contributed by atoms with Crippen LogP contribution in [0.1, 0.15) is 78.6 Å². The van der Waals surface area contributed by atoms with E-state index in [4.69, 9.17) is 28.9 Å². The van der Waals surface area contributed by atoms with Crippen molar-refractivity contribution in [3.8, 4) is 0 Å². The second-order valence-electron chi connectivity index (χ2n) is 12.8. The Labute approximate surface area is 239 Å². The number of hydrogen-bond acceptors (Lipinski definition) is 5. The van der Waals surface area contributed by atoms with Gasteiger partial charge in [0.25, 0.3) is 5.91 Å². The quantitative estimate of drug-likeness (QED) is 0.242. The minimum absolute atomic E-state index is 0.0721. The van der Waals surface area contributed by atoms with Gasteiger partial charge in [-0.25, -0.2) is 4.79 Å². The van der Waals surface area contributed by atoms with Gasteiger partial charge in [0.1, 0.15) is 16.4 Å². The number of carbonyl (C=O) groups excluding carboxylic acids is 5. The molecule has 5 amide bonds. The number of nitrogens with two attached hydrogens (primary N) is 1. The molecule has 10 nitrogen and oxygen atoms in total. The van der Waals surface area contributed by atoms with E-state index in [1.807, 2.05) is 20.8 Å². The number of urea groups is 1. The Morgan fingerprint density at radius 2 is 1.62 bits per heavy atom. The highest BCUT2D eigenvalue weighted by Crippen LogP contribution is 2.65. The van der Waals surface area contributed by atoms with E-state index >= 15 is 0 Å². The normalized spacial score (nSPS) is 27.9. The lowest BCUT2D eigenvalue weighted by atomic mass is 9.80. The summed E-state index contributed by atoms with van der Waals surface area (Å²) in [6.45, 7) is 5.72. The van der Waals surface area contributed by atoms with Crippen molar-refractivity contribution in [2.24, 2.45) is 29.4 Å². The minimum atomic E-state index is -1.17. The first-order valence-corrected chi connectivity index (χ1v) is 14.9. The van der Waals surface area contributed by atoms with E-state index in [0.717, 1.165) is 51.4 Å². The second kappa shape index (κ2) is 11.4. The van der Waals surface area contributed by atoms with Gasteiger partial charge in [0.05, 0.1) is 6.04 Å². The highest BCUT2D eigenvalue weighted by atomic mass is 35.5. The predicted molar refractivity (Wildman–Crippen MR) is 147 cm³/mol. The number of ketones is 1. The maximum absolute atomic E-state index is 14.1. The van der Waals surface area contributed by atoms with Gasteiger partial charge in [0.15, 0.2) is 0 Å². The van der Waals surface area contributed by atoms with Gasteiger partial charge in [-0.2, -0.15) is 0 Å². The molecule has 3 saturated carbocycles. The molecule has 12 heteroatoms.